The summed E-state index contributed by atoms with van der Waals surface area (Å²) in [7, 11) is 0. The van der Waals surface area contributed by atoms with E-state index in [0.29, 0.717) is 18.1 Å². The summed E-state index contributed by atoms with van der Waals surface area (Å²) in [6.45, 7) is 0.576. The molecule has 4 aromatic rings. The van der Waals surface area contributed by atoms with Crippen LogP contribution in [0.2, 0.25) is 0 Å². The minimum Gasteiger partial charge on any atom is -0.305 e. The number of nitrogens with zero attached hydrogens (tertiary/aromatic N) is 4. The topological polar surface area (TPSA) is 64.7 Å². The first-order chi connectivity index (χ1) is 14.7. The molecule has 1 amide bonds. The summed E-state index contributed by atoms with van der Waals surface area (Å²) >= 11 is 3.45. The van der Waals surface area contributed by atoms with Gasteiger partial charge in [0.25, 0.3) is 5.91 Å². The second kappa shape index (κ2) is 7.91. The number of hydrogen-bond acceptors (Lipinski definition) is 3. The van der Waals surface area contributed by atoms with E-state index >= 15 is 0 Å². The molecular weight excluding hydrogens is 442 g/mol. The van der Waals surface area contributed by atoms with E-state index in [0.717, 1.165) is 46.2 Å². The van der Waals surface area contributed by atoms with Crippen LogP contribution in [0.1, 0.15) is 33.7 Å². The maximum absolute atomic E-state index is 13.1. The van der Waals surface area contributed by atoms with Crippen molar-refractivity contribution in [2.75, 3.05) is 5.32 Å². The Bertz CT molecular complexity index is 1190. The van der Waals surface area contributed by atoms with Crippen LogP contribution in [0.25, 0.3) is 5.69 Å². The lowest BCUT2D eigenvalue weighted by molar-refractivity contribution is 0.102. The van der Waals surface area contributed by atoms with Gasteiger partial charge in [0.2, 0.25) is 0 Å². The number of nitrogens with one attached hydrogen (secondary N) is 1. The molecule has 0 bridgehead atoms. The van der Waals surface area contributed by atoms with E-state index in [4.69, 9.17) is 0 Å². The number of fused-ring (bicyclic) bond motifs is 1. The number of amides is 1. The predicted octanol–water partition coefficient (Wildman–Crippen LogP) is 4.62. The average Bonchev–Trinajstić information content (AvgIpc) is 3.48. The molecule has 0 saturated carbocycles. The van der Waals surface area contributed by atoms with Crippen molar-refractivity contribution in [2.45, 2.75) is 25.8 Å². The zero-order chi connectivity index (χ0) is 20.5. The van der Waals surface area contributed by atoms with Crippen LogP contribution in [0.5, 0.6) is 0 Å². The van der Waals surface area contributed by atoms with Gasteiger partial charge in [-0.2, -0.15) is 10.2 Å². The zero-order valence-corrected chi connectivity index (χ0v) is 17.8. The summed E-state index contributed by atoms with van der Waals surface area (Å²) in [5, 5.41) is 12.1. The maximum atomic E-state index is 13.1. The Morgan fingerprint density at radius 1 is 1.03 bits per heavy atom. The first-order valence-electron chi connectivity index (χ1n) is 9.93. The van der Waals surface area contributed by atoms with E-state index in [2.05, 4.69) is 31.4 Å². The summed E-state index contributed by atoms with van der Waals surface area (Å²) in [6, 6.07) is 19.8. The fraction of sp³-hybridized carbons (Fsp3) is 0.174. The van der Waals surface area contributed by atoms with Crippen molar-refractivity contribution < 1.29 is 4.79 Å². The van der Waals surface area contributed by atoms with Crippen molar-refractivity contribution in [2.24, 2.45) is 0 Å². The van der Waals surface area contributed by atoms with Gasteiger partial charge in [-0.25, -0.2) is 9.36 Å². The molecule has 0 fully saturated rings. The SMILES string of the molecule is O=C(Nc1ccnn1Cc1ccc(Br)cc1)c1nn(-c2ccccc2)c2c1CCC2. The van der Waals surface area contributed by atoms with Crippen LogP contribution in [0.3, 0.4) is 0 Å². The van der Waals surface area contributed by atoms with E-state index in [1.165, 1.54) is 0 Å². The predicted molar refractivity (Wildman–Crippen MR) is 119 cm³/mol. The highest BCUT2D eigenvalue weighted by molar-refractivity contribution is 9.10. The van der Waals surface area contributed by atoms with E-state index in [9.17, 15) is 4.79 Å². The second-order valence-corrected chi connectivity index (χ2v) is 8.25. The van der Waals surface area contributed by atoms with Crippen molar-refractivity contribution in [3.63, 3.8) is 0 Å². The molecule has 30 heavy (non-hydrogen) atoms. The Hall–Kier alpha value is -3.19. The maximum Gasteiger partial charge on any atom is 0.277 e. The summed E-state index contributed by atoms with van der Waals surface area (Å²) in [5.41, 5.74) is 4.77. The number of hydrogen-bond donors (Lipinski definition) is 1. The molecule has 1 aliphatic carbocycles. The van der Waals surface area contributed by atoms with Gasteiger partial charge >= 0.3 is 0 Å². The summed E-state index contributed by atoms with van der Waals surface area (Å²) in [6.07, 6.45) is 4.55. The minimum absolute atomic E-state index is 0.194. The molecular formula is C23H20BrN5O. The quantitative estimate of drug-likeness (QED) is 0.471. The Morgan fingerprint density at radius 2 is 1.83 bits per heavy atom. The van der Waals surface area contributed by atoms with Gasteiger partial charge in [0.05, 0.1) is 18.4 Å². The molecule has 0 saturated heterocycles. The molecule has 2 aromatic heterocycles. The number of para-hydroxylation sites is 1. The highest BCUT2D eigenvalue weighted by Crippen LogP contribution is 2.28. The second-order valence-electron chi connectivity index (χ2n) is 7.33. The van der Waals surface area contributed by atoms with Crippen LogP contribution in [0.4, 0.5) is 5.82 Å². The molecule has 2 aromatic carbocycles. The van der Waals surface area contributed by atoms with E-state index in [-0.39, 0.29) is 5.91 Å². The normalized spacial score (nSPS) is 12.7. The van der Waals surface area contributed by atoms with E-state index in [1.54, 1.807) is 10.9 Å². The first-order valence-corrected chi connectivity index (χ1v) is 10.7. The van der Waals surface area contributed by atoms with Gasteiger partial charge in [-0.15, -0.1) is 0 Å². The zero-order valence-electron chi connectivity index (χ0n) is 16.3. The van der Waals surface area contributed by atoms with Gasteiger partial charge in [0, 0.05) is 21.8 Å². The van der Waals surface area contributed by atoms with Gasteiger partial charge in [0.15, 0.2) is 5.69 Å². The van der Waals surface area contributed by atoms with Gasteiger partial charge in [-0.1, -0.05) is 46.3 Å². The third-order valence-electron chi connectivity index (χ3n) is 5.35. The van der Waals surface area contributed by atoms with Crippen LogP contribution in [-0.2, 0) is 19.4 Å². The van der Waals surface area contributed by atoms with Crippen molar-refractivity contribution in [1.82, 2.24) is 19.6 Å². The lowest BCUT2D eigenvalue weighted by Gasteiger charge is -2.09. The smallest absolute Gasteiger partial charge is 0.277 e. The number of rotatable bonds is 5. The van der Waals surface area contributed by atoms with Gasteiger partial charge < -0.3 is 5.32 Å². The average molecular weight is 462 g/mol. The van der Waals surface area contributed by atoms with Crippen LogP contribution >= 0.6 is 15.9 Å². The minimum atomic E-state index is -0.194. The molecule has 150 valence electrons. The molecule has 1 N–H and O–H groups in total. The lowest BCUT2D eigenvalue weighted by Crippen LogP contribution is -2.18. The highest BCUT2D eigenvalue weighted by atomic mass is 79.9. The Kier molecular flexibility index (Phi) is 4.96. The van der Waals surface area contributed by atoms with Crippen molar-refractivity contribution in [3.05, 3.63) is 93.8 Å². The Labute approximate surface area is 182 Å². The van der Waals surface area contributed by atoms with Gasteiger partial charge in [-0.05, 0) is 49.1 Å². The third-order valence-corrected chi connectivity index (χ3v) is 5.88. The third kappa shape index (κ3) is 3.57. The van der Waals surface area contributed by atoms with Crippen molar-refractivity contribution in [1.29, 1.82) is 0 Å². The van der Waals surface area contributed by atoms with Crippen molar-refractivity contribution >= 4 is 27.7 Å². The molecule has 0 unspecified atom stereocenters. The van der Waals surface area contributed by atoms with Gasteiger partial charge in [0.1, 0.15) is 5.82 Å². The largest absolute Gasteiger partial charge is 0.305 e. The summed E-state index contributed by atoms with van der Waals surface area (Å²) in [4.78, 5) is 13.1. The number of aromatic nitrogens is 4. The van der Waals surface area contributed by atoms with Crippen LogP contribution in [-0.4, -0.2) is 25.5 Å². The molecule has 0 radical (unpaired) electrons. The monoisotopic (exact) mass is 461 g/mol. The van der Waals surface area contributed by atoms with Crippen LogP contribution < -0.4 is 5.32 Å². The Balaban J connectivity index is 1.41. The number of halogens is 1. The molecule has 6 nitrogen and oxygen atoms in total. The molecule has 0 atom stereocenters. The number of carbonyl (C=O) groups is 1. The number of carbonyl (C=O) groups excluding carboxylic acids is 1. The number of benzene rings is 2. The molecule has 5 rings (SSSR count). The highest BCUT2D eigenvalue weighted by Gasteiger charge is 2.27. The van der Waals surface area contributed by atoms with E-state index in [1.807, 2.05) is 65.3 Å². The summed E-state index contributed by atoms with van der Waals surface area (Å²) in [5.74, 6) is 0.462. The van der Waals surface area contributed by atoms with E-state index < -0.39 is 0 Å². The fourth-order valence-electron chi connectivity index (χ4n) is 3.91. The molecule has 0 spiro atoms. The van der Waals surface area contributed by atoms with Crippen LogP contribution in [0.15, 0.2) is 71.3 Å². The molecule has 2 heterocycles. The molecule has 1 aliphatic rings. The standard InChI is InChI=1S/C23H20BrN5O/c24-17-11-9-16(10-12-17)15-28-21(13-14-25-28)26-23(30)22-19-7-4-8-20(19)29(27-22)18-5-2-1-3-6-18/h1-3,5-6,9-14H,4,7-8,15H2,(H,26,30). The first kappa shape index (κ1) is 18.8. The van der Waals surface area contributed by atoms with Gasteiger partial charge in [-0.3, -0.25) is 4.79 Å². The fourth-order valence-corrected chi connectivity index (χ4v) is 4.17. The molecule has 0 aliphatic heterocycles. The lowest BCUT2D eigenvalue weighted by atomic mass is 10.2. The number of anilines is 1. The summed E-state index contributed by atoms with van der Waals surface area (Å²) < 4.78 is 4.73. The van der Waals surface area contributed by atoms with Crippen molar-refractivity contribution in [3.8, 4) is 5.69 Å². The molecule has 7 heteroatoms. The Morgan fingerprint density at radius 3 is 2.63 bits per heavy atom. The van der Waals surface area contributed by atoms with Crippen LogP contribution in [0, 0.1) is 0 Å².